The molecule has 0 saturated carbocycles. The predicted molar refractivity (Wildman–Crippen MR) is 163 cm³/mol. The van der Waals surface area contributed by atoms with Crippen molar-refractivity contribution in [2.75, 3.05) is 17.5 Å². The predicted octanol–water partition coefficient (Wildman–Crippen LogP) is 5.92. The molecule has 3 aromatic carbocycles. The molecule has 0 heterocycles. The van der Waals surface area contributed by atoms with Gasteiger partial charge in [-0.2, -0.15) is 0 Å². The zero-order valence-corrected chi connectivity index (χ0v) is 25.8. The lowest BCUT2D eigenvalue weighted by atomic mass is 10.1. The Labute approximate surface area is 252 Å². The molecule has 0 aliphatic carbocycles. The van der Waals surface area contributed by atoms with Crippen LogP contribution in [0.4, 0.5) is 5.69 Å². The summed E-state index contributed by atoms with van der Waals surface area (Å²) >= 11 is 12.9. The van der Waals surface area contributed by atoms with Gasteiger partial charge in [0, 0.05) is 28.2 Å². The fourth-order valence-electron chi connectivity index (χ4n) is 4.33. The lowest BCUT2D eigenvalue weighted by Crippen LogP contribution is -2.53. The smallest absolute Gasteiger partial charge is 0.264 e. The average molecular weight is 621 g/mol. The number of hydrogen-bond acceptors (Lipinski definition) is 5. The molecule has 0 aliphatic heterocycles. The molecule has 1 unspecified atom stereocenters. The number of ether oxygens (including phenoxy) is 1. The van der Waals surface area contributed by atoms with Gasteiger partial charge in [-0.25, -0.2) is 8.42 Å². The van der Waals surface area contributed by atoms with Gasteiger partial charge in [-0.1, -0.05) is 66.5 Å². The molecule has 41 heavy (non-hydrogen) atoms. The van der Waals surface area contributed by atoms with Crippen LogP contribution in [0.5, 0.6) is 5.75 Å². The molecule has 0 saturated heterocycles. The Bertz CT molecular complexity index is 1430. The number of anilines is 1. The van der Waals surface area contributed by atoms with Crippen LogP contribution >= 0.6 is 23.2 Å². The maximum absolute atomic E-state index is 14.2. The Morgan fingerprint density at radius 2 is 1.51 bits per heavy atom. The highest BCUT2D eigenvalue weighted by atomic mass is 35.5. The molecule has 0 bridgehead atoms. The van der Waals surface area contributed by atoms with Crippen LogP contribution in [-0.4, -0.2) is 50.4 Å². The average Bonchev–Trinajstić information content (AvgIpc) is 2.93. The molecule has 3 rings (SSSR count). The Morgan fingerprint density at radius 3 is 2.10 bits per heavy atom. The van der Waals surface area contributed by atoms with Crippen molar-refractivity contribution in [2.24, 2.45) is 0 Å². The van der Waals surface area contributed by atoms with E-state index in [1.165, 1.54) is 17.0 Å². The van der Waals surface area contributed by atoms with E-state index in [1.807, 2.05) is 13.8 Å². The summed E-state index contributed by atoms with van der Waals surface area (Å²) in [4.78, 5) is 28.8. The molecule has 3 aromatic rings. The molecule has 0 spiro atoms. The minimum Gasteiger partial charge on any atom is -0.492 e. The van der Waals surface area contributed by atoms with Gasteiger partial charge in [0.1, 0.15) is 18.3 Å². The van der Waals surface area contributed by atoms with E-state index in [9.17, 15) is 18.0 Å². The zero-order chi connectivity index (χ0) is 30.2. The molecule has 1 atom stereocenters. The lowest BCUT2D eigenvalue weighted by molar-refractivity contribution is -0.140. The van der Waals surface area contributed by atoms with Crippen molar-refractivity contribution in [3.05, 3.63) is 88.4 Å². The first kappa shape index (κ1) is 32.2. The number of nitrogens with zero attached hydrogens (tertiary/aromatic N) is 2. The van der Waals surface area contributed by atoms with Crippen LogP contribution in [0.2, 0.25) is 10.0 Å². The second-order valence-corrected chi connectivity index (χ2v) is 12.2. The lowest BCUT2D eigenvalue weighted by Gasteiger charge is -2.34. The van der Waals surface area contributed by atoms with E-state index in [1.54, 1.807) is 74.5 Å². The van der Waals surface area contributed by atoms with E-state index in [0.29, 0.717) is 21.4 Å². The molecule has 0 aromatic heterocycles. The molecule has 0 aliphatic rings. The summed E-state index contributed by atoms with van der Waals surface area (Å²) in [6.07, 6.45) is 0.271. The van der Waals surface area contributed by atoms with E-state index in [4.69, 9.17) is 27.9 Å². The quantitative estimate of drug-likeness (QED) is 0.256. The number of nitrogens with one attached hydrogen (secondary N) is 1. The zero-order valence-electron chi connectivity index (χ0n) is 23.5. The number of hydrogen-bond donors (Lipinski definition) is 1. The van der Waals surface area contributed by atoms with E-state index in [2.05, 4.69) is 5.32 Å². The second kappa shape index (κ2) is 14.6. The number of rotatable bonds is 13. The molecule has 8 nitrogen and oxygen atoms in total. The normalized spacial score (nSPS) is 12.1. The third kappa shape index (κ3) is 7.93. The van der Waals surface area contributed by atoms with Gasteiger partial charge in [0.2, 0.25) is 11.8 Å². The molecular formula is C30H35Cl2N3O5S. The van der Waals surface area contributed by atoms with Crippen LogP contribution < -0.4 is 14.4 Å². The standard InChI is InChI=1S/C30H35Cl2N3O5S/c1-5-26(30(37)33-21(3)4)34(19-23-24(31)15-12-16-25(23)32)29(36)20-35(27-17-10-11-18-28(27)40-6-2)41(38,39)22-13-8-7-9-14-22/h7-18,21,26H,5-6,19-20H2,1-4H3,(H,33,37). The summed E-state index contributed by atoms with van der Waals surface area (Å²) < 4.78 is 34.8. The topological polar surface area (TPSA) is 96.0 Å². The van der Waals surface area contributed by atoms with Crippen molar-refractivity contribution >= 4 is 50.7 Å². The summed E-state index contributed by atoms with van der Waals surface area (Å²) in [5, 5.41) is 3.51. The number of carbonyl (C=O) groups is 2. The van der Waals surface area contributed by atoms with Gasteiger partial charge in [0.05, 0.1) is 17.2 Å². The number of amides is 2. The van der Waals surface area contributed by atoms with Crippen LogP contribution in [0.3, 0.4) is 0 Å². The van der Waals surface area contributed by atoms with Crippen LogP contribution in [0, 0.1) is 0 Å². The second-order valence-electron chi connectivity index (χ2n) is 9.53. The summed E-state index contributed by atoms with van der Waals surface area (Å²) in [5.74, 6) is -0.684. The van der Waals surface area contributed by atoms with Crippen molar-refractivity contribution in [1.29, 1.82) is 0 Å². The third-order valence-electron chi connectivity index (χ3n) is 6.25. The highest BCUT2D eigenvalue weighted by Gasteiger charge is 2.35. The molecule has 2 amide bonds. The first-order valence-corrected chi connectivity index (χ1v) is 15.5. The monoisotopic (exact) mass is 619 g/mol. The summed E-state index contributed by atoms with van der Waals surface area (Å²) in [6, 6.07) is 18.3. The Kier molecular flexibility index (Phi) is 11.5. The maximum atomic E-state index is 14.2. The Balaban J connectivity index is 2.14. The number of carbonyl (C=O) groups excluding carboxylic acids is 2. The maximum Gasteiger partial charge on any atom is 0.264 e. The van der Waals surface area contributed by atoms with Crippen molar-refractivity contribution in [1.82, 2.24) is 10.2 Å². The van der Waals surface area contributed by atoms with Crippen LogP contribution in [0.25, 0.3) is 0 Å². The molecule has 0 fully saturated rings. The van der Waals surface area contributed by atoms with Gasteiger partial charge in [0.25, 0.3) is 10.0 Å². The number of benzene rings is 3. The van der Waals surface area contributed by atoms with Crippen LogP contribution in [0.1, 0.15) is 39.7 Å². The number of para-hydroxylation sites is 2. The first-order valence-electron chi connectivity index (χ1n) is 13.3. The SMILES string of the molecule is CCOc1ccccc1N(CC(=O)N(Cc1c(Cl)cccc1Cl)C(CC)C(=O)NC(C)C)S(=O)(=O)c1ccccc1. The fraction of sp³-hybridized carbons (Fsp3) is 0.333. The van der Waals surface area contributed by atoms with E-state index in [-0.39, 0.29) is 42.1 Å². The molecular weight excluding hydrogens is 585 g/mol. The summed E-state index contributed by atoms with van der Waals surface area (Å²) in [5.41, 5.74) is 0.647. The minimum absolute atomic E-state index is 0.00407. The van der Waals surface area contributed by atoms with Crippen molar-refractivity contribution in [2.45, 2.75) is 57.6 Å². The van der Waals surface area contributed by atoms with Gasteiger partial charge in [-0.15, -0.1) is 0 Å². The minimum atomic E-state index is -4.23. The van der Waals surface area contributed by atoms with Crippen LogP contribution in [-0.2, 0) is 26.2 Å². The third-order valence-corrected chi connectivity index (χ3v) is 8.73. The van der Waals surface area contributed by atoms with Gasteiger partial charge < -0.3 is 15.0 Å². The molecule has 1 N–H and O–H groups in total. The van der Waals surface area contributed by atoms with Crippen molar-refractivity contribution < 1.29 is 22.7 Å². The van der Waals surface area contributed by atoms with Gasteiger partial charge in [0.15, 0.2) is 0 Å². The Hall–Kier alpha value is -3.27. The van der Waals surface area contributed by atoms with E-state index >= 15 is 0 Å². The molecule has 220 valence electrons. The highest BCUT2D eigenvalue weighted by Crippen LogP contribution is 2.33. The van der Waals surface area contributed by atoms with Crippen molar-refractivity contribution in [3.8, 4) is 5.75 Å². The van der Waals surface area contributed by atoms with Gasteiger partial charge in [-0.05, 0) is 63.6 Å². The summed E-state index contributed by atoms with van der Waals surface area (Å²) in [7, 11) is -4.23. The molecule has 11 heteroatoms. The van der Waals surface area contributed by atoms with E-state index in [0.717, 1.165) is 4.31 Å². The van der Waals surface area contributed by atoms with Crippen molar-refractivity contribution in [3.63, 3.8) is 0 Å². The van der Waals surface area contributed by atoms with E-state index < -0.39 is 28.5 Å². The van der Waals surface area contributed by atoms with Crippen LogP contribution in [0.15, 0.2) is 77.7 Å². The highest BCUT2D eigenvalue weighted by molar-refractivity contribution is 7.92. The van der Waals surface area contributed by atoms with Gasteiger partial charge in [-0.3, -0.25) is 13.9 Å². The summed E-state index contributed by atoms with van der Waals surface area (Å²) in [6.45, 7) is 6.78. The largest absolute Gasteiger partial charge is 0.492 e. The number of halogens is 2. The molecule has 0 radical (unpaired) electrons. The number of sulfonamides is 1. The first-order chi connectivity index (χ1) is 19.5. The Morgan fingerprint density at radius 1 is 0.902 bits per heavy atom. The van der Waals surface area contributed by atoms with Gasteiger partial charge >= 0.3 is 0 Å². The fourth-order valence-corrected chi connectivity index (χ4v) is 6.29.